The quantitative estimate of drug-likeness (QED) is 0.0921. The highest BCUT2D eigenvalue weighted by atomic mass is 19.1. The summed E-state index contributed by atoms with van der Waals surface area (Å²) >= 11 is 0. The molecule has 17 heteroatoms. The Morgan fingerprint density at radius 2 is 1.04 bits per heavy atom. The van der Waals surface area contributed by atoms with Gasteiger partial charge in [-0.15, -0.1) is 0 Å². The molecule has 2 amide bonds. The van der Waals surface area contributed by atoms with E-state index >= 15 is 4.39 Å². The average molecular weight is 1070 g/mol. The number of benzene rings is 3. The first-order chi connectivity index (χ1) is 37.3. The van der Waals surface area contributed by atoms with Crippen LogP contribution in [0.3, 0.4) is 0 Å². The molecule has 6 heterocycles. The number of carbonyl (C=O) groups is 6. The molecule has 1 N–H and O–H groups in total. The number of ether oxygens (including phenoxy) is 2. The van der Waals surface area contributed by atoms with Gasteiger partial charge in [-0.3, -0.25) is 43.6 Å². The fourth-order valence-electron chi connectivity index (χ4n) is 10.5. The van der Waals surface area contributed by atoms with E-state index in [2.05, 4.69) is 21.4 Å². The van der Waals surface area contributed by atoms with Crippen LogP contribution in [0, 0.1) is 35.0 Å². The van der Waals surface area contributed by atoms with Crippen LogP contribution in [0.15, 0.2) is 109 Å². The minimum absolute atomic E-state index is 0. The Morgan fingerprint density at radius 3 is 1.44 bits per heavy atom. The van der Waals surface area contributed by atoms with Crippen LogP contribution in [0.1, 0.15) is 132 Å². The summed E-state index contributed by atoms with van der Waals surface area (Å²) in [7, 11) is 3.16. The molecular formula is C61H69F2N7O8. The Hall–Kier alpha value is -7.55. The van der Waals surface area contributed by atoms with E-state index in [1.54, 1.807) is 109 Å². The third-order valence-electron chi connectivity index (χ3n) is 15.4. The van der Waals surface area contributed by atoms with Gasteiger partial charge in [0.2, 0.25) is 0 Å². The Bertz CT molecular complexity index is 2880. The van der Waals surface area contributed by atoms with Crippen molar-refractivity contribution in [3.63, 3.8) is 0 Å². The monoisotopic (exact) mass is 1070 g/mol. The lowest BCUT2D eigenvalue weighted by Crippen LogP contribution is -2.42. The van der Waals surface area contributed by atoms with E-state index in [0.717, 1.165) is 5.56 Å². The predicted octanol–water partition coefficient (Wildman–Crippen LogP) is 9.11. The second-order valence-electron chi connectivity index (χ2n) is 20.3. The number of likely N-dealkylation sites (tertiary alicyclic amines) is 3. The van der Waals surface area contributed by atoms with Gasteiger partial charge in [-0.2, -0.15) is 5.26 Å². The zero-order valence-electron chi connectivity index (χ0n) is 43.6. The fraction of sp³-hybridized carbons (Fsp3) is 0.426. The Labute approximate surface area is 455 Å². The van der Waals surface area contributed by atoms with Crippen LogP contribution in [0.5, 0.6) is 11.5 Å². The maximum Gasteiger partial charge on any atom is 0.272 e. The maximum atomic E-state index is 15.0. The van der Waals surface area contributed by atoms with Gasteiger partial charge < -0.3 is 24.6 Å². The molecule has 4 saturated heterocycles. The highest BCUT2D eigenvalue weighted by molar-refractivity contribution is 6.00. The molecular weight excluding hydrogens is 997 g/mol. The highest BCUT2D eigenvalue weighted by Crippen LogP contribution is 2.29. The largest absolute Gasteiger partial charge is 0.497 e. The zero-order chi connectivity index (χ0) is 54.4. The van der Waals surface area contributed by atoms with Gasteiger partial charge in [0.1, 0.15) is 35.2 Å². The van der Waals surface area contributed by atoms with E-state index in [0.29, 0.717) is 124 Å². The normalized spacial score (nSPS) is 19.9. The number of pyridine rings is 2. The molecule has 0 saturated carbocycles. The lowest BCUT2D eigenvalue weighted by molar-refractivity contribution is 0.0643. The van der Waals surface area contributed by atoms with E-state index in [1.807, 2.05) is 17.0 Å². The van der Waals surface area contributed by atoms with Crippen molar-refractivity contribution >= 4 is 34.9 Å². The summed E-state index contributed by atoms with van der Waals surface area (Å²) in [5.74, 6) is -0.141. The molecule has 0 aliphatic carbocycles. The molecule has 410 valence electrons. The number of nitrogens with one attached hydrogen (secondary N) is 1. The Kier molecular flexibility index (Phi) is 20.6. The number of ketones is 4. The lowest BCUT2D eigenvalue weighted by Gasteiger charge is -2.34. The second kappa shape index (κ2) is 27.7. The van der Waals surface area contributed by atoms with Crippen molar-refractivity contribution < 1.29 is 47.0 Å². The molecule has 5 aromatic rings. The number of piperidine rings is 4. The van der Waals surface area contributed by atoms with Gasteiger partial charge in [-0.25, -0.2) is 8.78 Å². The molecule has 78 heavy (non-hydrogen) atoms. The van der Waals surface area contributed by atoms with Crippen LogP contribution in [0.2, 0.25) is 0 Å². The molecule has 9 rings (SSSR count). The van der Waals surface area contributed by atoms with E-state index in [1.165, 1.54) is 12.4 Å². The number of alkyl halides is 2. The molecule has 0 radical (unpaired) electrons. The topological polar surface area (TPSA) is 192 Å². The third-order valence-corrected chi connectivity index (χ3v) is 15.4. The van der Waals surface area contributed by atoms with Crippen molar-refractivity contribution in [3.05, 3.63) is 154 Å². The standard InChI is InChI=1S/C34H35FN4O4.C26H30FN3O4.CH4/c1-43-29-9-6-25(7-10-29)33(41)26-13-16-39(17-14-26)34(42)31-11-8-28(20-37-31)32(40)18-27-12-15-38(22-30(27)35)21-24-4-2-23(19-36)3-5-24;1-34-21-5-2-17(3-6-21)25(32)18-9-12-30(13-10-18)26(33)23-7-4-20(15-29-23)24(31)14-19-8-11-28-16-22(19)27;/h2-11,20,26-27,30H,12-18,21-22H2,1H3;2-7,15,18-19,22,28H,8-14,16H2,1H3;1H4/t27?,30-;19?,22-;/m11./s1. The summed E-state index contributed by atoms with van der Waals surface area (Å²) in [6.07, 6.45) is 4.44. The maximum absolute atomic E-state index is 15.0. The van der Waals surface area contributed by atoms with Gasteiger partial charge in [0.05, 0.1) is 25.9 Å². The van der Waals surface area contributed by atoms with Gasteiger partial charge in [-0.05, 0) is 154 Å². The Morgan fingerprint density at radius 1 is 0.590 bits per heavy atom. The van der Waals surface area contributed by atoms with Crippen LogP contribution in [0.25, 0.3) is 0 Å². The van der Waals surface area contributed by atoms with Crippen molar-refractivity contribution in [1.82, 2.24) is 30.0 Å². The van der Waals surface area contributed by atoms with E-state index in [-0.39, 0.29) is 103 Å². The van der Waals surface area contributed by atoms with E-state index < -0.39 is 12.3 Å². The summed E-state index contributed by atoms with van der Waals surface area (Å²) in [5.41, 5.74) is 4.18. The van der Waals surface area contributed by atoms with Crippen LogP contribution in [-0.2, 0) is 6.54 Å². The number of aromatic nitrogens is 2. The molecule has 0 spiro atoms. The average Bonchev–Trinajstić information content (AvgIpc) is 3.48. The van der Waals surface area contributed by atoms with Crippen molar-refractivity contribution in [1.29, 1.82) is 5.26 Å². The number of methoxy groups -OCH3 is 2. The van der Waals surface area contributed by atoms with Gasteiger partial charge in [0.15, 0.2) is 23.1 Å². The SMILES string of the molecule is C.COc1ccc(C(=O)C2CCN(C(=O)c3ccc(C(=O)CC4CCN(Cc5ccc(C#N)cc5)C[C@H]4F)cn3)CC2)cc1.COc1ccc(C(=O)C2CCN(C(=O)c3ccc(C(=O)CC4CCNC[C@H]4F)cn3)CC2)cc1. The summed E-state index contributed by atoms with van der Waals surface area (Å²) in [6, 6.07) is 29.8. The first kappa shape index (κ1) is 58.1. The molecule has 2 aromatic heterocycles. The van der Waals surface area contributed by atoms with Crippen molar-refractivity contribution in [3.8, 4) is 17.6 Å². The number of rotatable bonds is 16. The van der Waals surface area contributed by atoms with Gasteiger partial charge >= 0.3 is 0 Å². The number of hydrogen-bond donors (Lipinski definition) is 1. The molecule has 4 aliphatic heterocycles. The molecule has 0 bridgehead atoms. The summed E-state index contributed by atoms with van der Waals surface area (Å²) < 4.78 is 39.3. The predicted molar refractivity (Wildman–Crippen MR) is 290 cm³/mol. The third kappa shape index (κ3) is 14.9. The van der Waals surface area contributed by atoms with Crippen LogP contribution in [0.4, 0.5) is 8.78 Å². The molecule has 4 aliphatic rings. The second-order valence-corrected chi connectivity index (χ2v) is 20.3. The Balaban J connectivity index is 0.000000229. The van der Waals surface area contributed by atoms with Crippen LogP contribution in [-0.4, -0.2) is 139 Å². The minimum Gasteiger partial charge on any atom is -0.497 e. The first-order valence-electron chi connectivity index (χ1n) is 26.4. The van der Waals surface area contributed by atoms with Crippen LogP contribution >= 0.6 is 0 Å². The molecule has 2 unspecified atom stereocenters. The zero-order valence-corrected chi connectivity index (χ0v) is 43.6. The highest BCUT2D eigenvalue weighted by Gasteiger charge is 2.34. The lowest BCUT2D eigenvalue weighted by atomic mass is 9.88. The molecule has 4 fully saturated rings. The number of carbonyl (C=O) groups excluding carboxylic acids is 6. The van der Waals surface area contributed by atoms with Gasteiger partial charge in [0, 0.05) is 105 Å². The number of amides is 2. The first-order valence-corrected chi connectivity index (χ1v) is 26.4. The van der Waals surface area contributed by atoms with Crippen molar-refractivity contribution in [2.24, 2.45) is 23.7 Å². The van der Waals surface area contributed by atoms with Crippen molar-refractivity contribution in [2.75, 3.05) is 66.6 Å². The molecule has 15 nitrogen and oxygen atoms in total. The smallest absolute Gasteiger partial charge is 0.272 e. The van der Waals surface area contributed by atoms with E-state index in [9.17, 15) is 33.2 Å². The van der Waals surface area contributed by atoms with Crippen LogP contribution < -0.4 is 14.8 Å². The van der Waals surface area contributed by atoms with Gasteiger partial charge in [-0.1, -0.05) is 19.6 Å². The minimum atomic E-state index is -1.12. The van der Waals surface area contributed by atoms with Gasteiger partial charge in [0.25, 0.3) is 11.8 Å². The number of nitrogens with zero attached hydrogens (tertiary/aromatic N) is 6. The summed E-state index contributed by atoms with van der Waals surface area (Å²) in [6.45, 7) is 4.40. The number of nitriles is 1. The number of hydrogen-bond acceptors (Lipinski definition) is 13. The summed E-state index contributed by atoms with van der Waals surface area (Å²) in [5, 5.41) is 11.9. The van der Waals surface area contributed by atoms with Crippen molar-refractivity contribution in [2.45, 2.75) is 77.7 Å². The van der Waals surface area contributed by atoms with E-state index in [4.69, 9.17) is 14.7 Å². The molecule has 3 aromatic carbocycles. The fourth-order valence-corrected chi connectivity index (χ4v) is 10.5. The number of Topliss-reactive ketones (excluding diaryl/α,β-unsaturated/α-hetero) is 4. The number of halogens is 2. The molecule has 4 atom stereocenters. The summed E-state index contributed by atoms with van der Waals surface area (Å²) in [4.78, 5) is 91.0.